The number of halogens is 4. The van der Waals surface area contributed by atoms with Gasteiger partial charge in [0.05, 0.1) is 11.4 Å². The van der Waals surface area contributed by atoms with Crippen LogP contribution in [0, 0.1) is 5.82 Å². The van der Waals surface area contributed by atoms with Crippen LogP contribution in [-0.2, 0) is 0 Å². The van der Waals surface area contributed by atoms with E-state index in [1.807, 2.05) is 0 Å². The Labute approximate surface area is 96.5 Å². The zero-order valence-corrected chi connectivity index (χ0v) is 10.2. The van der Waals surface area contributed by atoms with Gasteiger partial charge in [-0.2, -0.15) is 0 Å². The Bertz CT molecular complexity index is 354. The number of Topliss-reactive ketones (excluding diaryl/α,β-unsaturated/α-hetero) is 1. The number of ketones is 1. The molecule has 0 amide bonds. The Kier molecular flexibility index (Phi) is 3.88. The van der Waals surface area contributed by atoms with Gasteiger partial charge in [0.1, 0.15) is 5.82 Å². The molecule has 0 fully saturated rings. The van der Waals surface area contributed by atoms with Gasteiger partial charge in [0.25, 0.3) is 0 Å². The molecule has 0 aliphatic rings. The van der Waals surface area contributed by atoms with Crippen molar-refractivity contribution in [3.05, 3.63) is 32.5 Å². The van der Waals surface area contributed by atoms with Gasteiger partial charge in [0.15, 0.2) is 5.78 Å². The third-order valence-electron chi connectivity index (χ3n) is 1.43. The van der Waals surface area contributed by atoms with Crippen LogP contribution in [0.4, 0.5) is 4.39 Å². The minimum Gasteiger partial charge on any atom is -0.293 e. The fourth-order valence-corrected chi connectivity index (χ4v) is 1.61. The third kappa shape index (κ3) is 2.51. The maximum atomic E-state index is 13.1. The van der Waals surface area contributed by atoms with Gasteiger partial charge in [0, 0.05) is 8.95 Å². The molecule has 0 radical (unpaired) electrons. The first-order chi connectivity index (χ1) is 6.06. The van der Waals surface area contributed by atoms with Crippen LogP contribution in [-0.4, -0.2) is 11.7 Å². The van der Waals surface area contributed by atoms with Gasteiger partial charge in [-0.05, 0) is 44.0 Å². The Morgan fingerprint density at radius 2 is 1.92 bits per heavy atom. The first kappa shape index (κ1) is 11.1. The SMILES string of the molecule is O=C(CCl)c1cc(Br)c(Br)cc1F. The monoisotopic (exact) mass is 328 g/mol. The van der Waals surface area contributed by atoms with Crippen molar-refractivity contribution in [2.45, 2.75) is 0 Å². The molecule has 0 saturated carbocycles. The second kappa shape index (κ2) is 4.53. The van der Waals surface area contributed by atoms with Gasteiger partial charge in [0.2, 0.25) is 0 Å². The number of hydrogen-bond acceptors (Lipinski definition) is 1. The molecular formula is C8H4Br2ClFO. The molecule has 5 heteroatoms. The second-order valence-electron chi connectivity index (χ2n) is 2.30. The minimum absolute atomic E-state index is 0.00470. The van der Waals surface area contributed by atoms with E-state index in [4.69, 9.17) is 11.6 Å². The number of carbonyl (C=O) groups is 1. The van der Waals surface area contributed by atoms with Gasteiger partial charge in [-0.15, -0.1) is 11.6 Å². The molecule has 0 atom stereocenters. The van der Waals surface area contributed by atoms with Gasteiger partial charge in [-0.25, -0.2) is 4.39 Å². The van der Waals surface area contributed by atoms with Gasteiger partial charge in [-0.3, -0.25) is 4.79 Å². The average molecular weight is 330 g/mol. The molecule has 13 heavy (non-hydrogen) atoms. The van der Waals surface area contributed by atoms with Gasteiger partial charge >= 0.3 is 0 Å². The molecule has 1 aromatic carbocycles. The highest BCUT2D eigenvalue weighted by Crippen LogP contribution is 2.26. The Balaban J connectivity index is 3.23. The van der Waals surface area contributed by atoms with Crippen LogP contribution in [0.1, 0.15) is 10.4 Å². The highest BCUT2D eigenvalue weighted by atomic mass is 79.9. The van der Waals surface area contributed by atoms with Gasteiger partial charge in [-0.1, -0.05) is 0 Å². The molecule has 0 heterocycles. The summed E-state index contributed by atoms with van der Waals surface area (Å²) >= 11 is 11.6. The quantitative estimate of drug-likeness (QED) is 0.458. The van der Waals surface area contributed by atoms with Crippen LogP contribution >= 0.6 is 43.5 Å². The molecule has 0 aliphatic carbocycles. The van der Waals surface area contributed by atoms with E-state index in [2.05, 4.69) is 31.9 Å². The normalized spacial score (nSPS) is 10.2. The molecule has 0 saturated heterocycles. The van der Waals surface area contributed by atoms with E-state index in [1.54, 1.807) is 0 Å². The first-order valence-corrected chi connectivity index (χ1v) is 5.42. The fraction of sp³-hybridized carbons (Fsp3) is 0.125. The van der Waals surface area contributed by atoms with Crippen molar-refractivity contribution in [1.82, 2.24) is 0 Å². The topological polar surface area (TPSA) is 17.1 Å². The lowest BCUT2D eigenvalue weighted by Gasteiger charge is -2.02. The van der Waals surface area contributed by atoms with Crippen LogP contribution in [0.3, 0.4) is 0 Å². The summed E-state index contributed by atoms with van der Waals surface area (Å²) in [5.74, 6) is -1.21. The van der Waals surface area contributed by atoms with Crippen LogP contribution < -0.4 is 0 Å². The van der Waals surface area contributed by atoms with E-state index in [0.29, 0.717) is 8.95 Å². The lowest BCUT2D eigenvalue weighted by Crippen LogP contribution is -2.03. The molecule has 0 unspecified atom stereocenters. The number of hydrogen-bond donors (Lipinski definition) is 0. The van der Waals surface area contributed by atoms with Crippen LogP contribution in [0.5, 0.6) is 0 Å². The Morgan fingerprint density at radius 3 is 2.46 bits per heavy atom. The molecule has 1 rings (SSSR count). The van der Waals surface area contributed by atoms with E-state index < -0.39 is 11.6 Å². The molecule has 1 nitrogen and oxygen atoms in total. The fourth-order valence-electron chi connectivity index (χ4n) is 0.808. The van der Waals surface area contributed by atoms with E-state index in [0.717, 1.165) is 0 Å². The van der Waals surface area contributed by atoms with Crippen molar-refractivity contribution in [3.8, 4) is 0 Å². The van der Waals surface area contributed by atoms with Crippen LogP contribution in [0.2, 0.25) is 0 Å². The second-order valence-corrected chi connectivity index (χ2v) is 4.28. The summed E-state index contributed by atoms with van der Waals surface area (Å²) in [6.45, 7) is 0. The largest absolute Gasteiger partial charge is 0.293 e. The van der Waals surface area contributed by atoms with Crippen molar-refractivity contribution < 1.29 is 9.18 Å². The van der Waals surface area contributed by atoms with Crippen LogP contribution in [0.25, 0.3) is 0 Å². The molecule has 0 spiro atoms. The molecule has 0 aliphatic heterocycles. The highest BCUT2D eigenvalue weighted by molar-refractivity contribution is 9.13. The first-order valence-electron chi connectivity index (χ1n) is 3.30. The molecule has 1 aromatic rings. The molecule has 0 aromatic heterocycles. The lowest BCUT2D eigenvalue weighted by molar-refractivity contribution is 0.101. The predicted molar refractivity (Wildman–Crippen MR) is 56.9 cm³/mol. The van der Waals surface area contributed by atoms with Crippen LogP contribution in [0.15, 0.2) is 21.1 Å². The third-order valence-corrected chi connectivity index (χ3v) is 3.52. The minimum atomic E-state index is -0.569. The van der Waals surface area contributed by atoms with E-state index in [1.165, 1.54) is 12.1 Å². The summed E-state index contributed by atoms with van der Waals surface area (Å²) in [6, 6.07) is 2.63. The number of rotatable bonds is 2. The zero-order chi connectivity index (χ0) is 10.0. The molecule has 0 N–H and O–H groups in total. The van der Waals surface area contributed by atoms with E-state index in [9.17, 15) is 9.18 Å². The summed E-state index contributed by atoms with van der Waals surface area (Å²) < 4.78 is 14.3. The van der Waals surface area contributed by atoms with E-state index in [-0.39, 0.29) is 11.4 Å². The van der Waals surface area contributed by atoms with Gasteiger partial charge < -0.3 is 0 Å². The lowest BCUT2D eigenvalue weighted by atomic mass is 10.1. The smallest absolute Gasteiger partial charge is 0.180 e. The van der Waals surface area contributed by atoms with Crippen molar-refractivity contribution >= 4 is 49.2 Å². The molecule has 0 bridgehead atoms. The number of alkyl halides is 1. The Morgan fingerprint density at radius 1 is 1.38 bits per heavy atom. The zero-order valence-electron chi connectivity index (χ0n) is 6.28. The van der Waals surface area contributed by atoms with E-state index >= 15 is 0 Å². The average Bonchev–Trinajstić information content (AvgIpc) is 2.10. The van der Waals surface area contributed by atoms with Crippen molar-refractivity contribution in [3.63, 3.8) is 0 Å². The van der Waals surface area contributed by atoms with Crippen molar-refractivity contribution in [2.24, 2.45) is 0 Å². The predicted octanol–water partition coefficient (Wildman–Crippen LogP) is 3.77. The highest BCUT2D eigenvalue weighted by Gasteiger charge is 2.12. The summed E-state index contributed by atoms with van der Waals surface area (Å²) in [5, 5.41) is 0. The molecular weight excluding hydrogens is 326 g/mol. The standard InChI is InChI=1S/C8H4Br2ClFO/c9-5-1-4(8(13)3-11)7(12)2-6(5)10/h1-2H,3H2. The van der Waals surface area contributed by atoms with Crippen molar-refractivity contribution in [1.29, 1.82) is 0 Å². The summed E-state index contributed by atoms with van der Waals surface area (Å²) in [4.78, 5) is 11.1. The summed E-state index contributed by atoms with van der Waals surface area (Å²) in [5.41, 5.74) is 0.00470. The number of carbonyl (C=O) groups excluding carboxylic acids is 1. The number of benzene rings is 1. The Hall–Kier alpha value is 0.0700. The van der Waals surface area contributed by atoms with Crippen molar-refractivity contribution in [2.75, 3.05) is 5.88 Å². The molecule has 70 valence electrons. The summed E-state index contributed by atoms with van der Waals surface area (Å²) in [7, 11) is 0. The summed E-state index contributed by atoms with van der Waals surface area (Å²) in [6.07, 6.45) is 0. The maximum absolute atomic E-state index is 13.1. The maximum Gasteiger partial charge on any atom is 0.180 e.